The topological polar surface area (TPSA) is 75.4 Å². The third-order valence-electron chi connectivity index (χ3n) is 4.13. The Hall–Kier alpha value is -2.14. The van der Waals surface area contributed by atoms with Crippen molar-refractivity contribution in [3.8, 4) is 0 Å². The number of aromatic nitrogens is 1. The van der Waals surface area contributed by atoms with Crippen molar-refractivity contribution in [3.05, 3.63) is 53.4 Å². The lowest BCUT2D eigenvalue weighted by Gasteiger charge is -2.16. The summed E-state index contributed by atoms with van der Waals surface area (Å²) < 4.78 is 5.14. The molecule has 5 nitrogen and oxygen atoms in total. The van der Waals surface area contributed by atoms with Crippen LogP contribution in [0.2, 0.25) is 0 Å². The fraction of sp³-hybridized carbons (Fsp3) is 0.444. The van der Waals surface area contributed by atoms with Crippen molar-refractivity contribution in [1.82, 2.24) is 10.5 Å². The van der Waals surface area contributed by atoms with Crippen molar-refractivity contribution in [2.45, 2.75) is 38.5 Å². The van der Waals surface area contributed by atoms with E-state index in [2.05, 4.69) is 17.4 Å². The van der Waals surface area contributed by atoms with Gasteiger partial charge in [0.2, 0.25) is 5.76 Å². The Morgan fingerprint density at radius 2 is 2.09 bits per heavy atom. The summed E-state index contributed by atoms with van der Waals surface area (Å²) in [6, 6.07) is 11.6. The second-order valence-electron chi connectivity index (χ2n) is 5.76. The van der Waals surface area contributed by atoms with Gasteiger partial charge in [-0.05, 0) is 18.4 Å². The first-order chi connectivity index (χ1) is 11.2. The summed E-state index contributed by atoms with van der Waals surface area (Å²) in [6.45, 7) is 4.64. The average molecular weight is 316 g/mol. The van der Waals surface area contributed by atoms with Crippen molar-refractivity contribution < 1.29 is 14.4 Å². The van der Waals surface area contributed by atoms with Crippen LogP contribution >= 0.6 is 0 Å². The Bertz CT molecular complexity index is 610. The molecule has 5 heteroatoms. The molecule has 2 N–H and O–H groups in total. The number of carbonyl (C=O) groups is 1. The van der Waals surface area contributed by atoms with Crippen LogP contribution in [0.25, 0.3) is 0 Å². The third-order valence-corrected chi connectivity index (χ3v) is 4.13. The molecular formula is C18H24N2O3. The summed E-state index contributed by atoms with van der Waals surface area (Å²) in [5, 5.41) is 16.1. The fourth-order valence-corrected chi connectivity index (χ4v) is 2.41. The summed E-state index contributed by atoms with van der Waals surface area (Å²) in [4.78, 5) is 12.2. The quantitative estimate of drug-likeness (QED) is 0.785. The van der Waals surface area contributed by atoms with E-state index >= 15 is 0 Å². The van der Waals surface area contributed by atoms with E-state index in [0.29, 0.717) is 13.0 Å². The molecule has 2 atom stereocenters. The first-order valence-corrected chi connectivity index (χ1v) is 8.06. The number of nitrogens with zero attached hydrogens (tertiary/aromatic N) is 1. The number of aliphatic hydroxyl groups is 1. The minimum atomic E-state index is -0.272. The van der Waals surface area contributed by atoms with E-state index in [9.17, 15) is 9.90 Å². The molecule has 0 saturated carbocycles. The molecular weight excluding hydrogens is 292 g/mol. The average Bonchev–Trinajstić information content (AvgIpc) is 3.08. The number of aliphatic hydroxyl groups excluding tert-OH is 1. The van der Waals surface area contributed by atoms with Gasteiger partial charge in [-0.1, -0.05) is 49.3 Å². The second kappa shape index (κ2) is 8.48. The molecule has 0 aliphatic carbocycles. The Labute approximate surface area is 136 Å². The van der Waals surface area contributed by atoms with Crippen LogP contribution in [0, 0.1) is 0 Å². The van der Waals surface area contributed by atoms with Gasteiger partial charge in [0.15, 0.2) is 0 Å². The Balaban J connectivity index is 1.97. The largest absolute Gasteiger partial charge is 0.396 e. The third kappa shape index (κ3) is 4.66. The molecule has 1 aromatic heterocycles. The van der Waals surface area contributed by atoms with E-state index in [1.165, 1.54) is 0 Å². The van der Waals surface area contributed by atoms with Gasteiger partial charge < -0.3 is 14.9 Å². The van der Waals surface area contributed by atoms with Gasteiger partial charge in [-0.15, -0.1) is 0 Å². The molecule has 0 spiro atoms. The molecule has 124 valence electrons. The number of carbonyl (C=O) groups excluding carboxylic acids is 1. The van der Waals surface area contributed by atoms with Crippen molar-refractivity contribution in [2.75, 3.05) is 13.2 Å². The number of hydrogen-bond donors (Lipinski definition) is 2. The molecule has 0 aliphatic rings. The number of hydrogen-bond acceptors (Lipinski definition) is 4. The normalized spacial score (nSPS) is 13.5. The highest BCUT2D eigenvalue weighted by molar-refractivity contribution is 5.91. The number of nitrogens with one attached hydrogen (secondary N) is 1. The monoisotopic (exact) mass is 316 g/mol. The number of rotatable bonds is 8. The van der Waals surface area contributed by atoms with Crippen LogP contribution in [-0.2, 0) is 0 Å². The van der Waals surface area contributed by atoms with Crippen molar-refractivity contribution >= 4 is 5.91 Å². The predicted molar refractivity (Wildman–Crippen MR) is 88.4 cm³/mol. The Morgan fingerprint density at radius 3 is 2.74 bits per heavy atom. The van der Waals surface area contributed by atoms with Gasteiger partial charge in [0, 0.05) is 31.1 Å². The van der Waals surface area contributed by atoms with Crippen LogP contribution < -0.4 is 5.32 Å². The summed E-state index contributed by atoms with van der Waals surface area (Å²) in [6.07, 6.45) is 1.54. The van der Waals surface area contributed by atoms with E-state index in [1.54, 1.807) is 6.07 Å². The molecule has 2 rings (SSSR count). The van der Waals surface area contributed by atoms with E-state index in [4.69, 9.17) is 4.52 Å². The molecule has 0 aliphatic heterocycles. The molecule has 0 bridgehead atoms. The SMILES string of the molecule is CCC(C)c1cc(C(=O)NCC(CCO)c2ccccc2)on1. The molecule has 23 heavy (non-hydrogen) atoms. The lowest BCUT2D eigenvalue weighted by molar-refractivity contribution is 0.0912. The van der Waals surface area contributed by atoms with E-state index in [0.717, 1.165) is 17.7 Å². The van der Waals surface area contributed by atoms with Crippen molar-refractivity contribution in [3.63, 3.8) is 0 Å². The Morgan fingerprint density at radius 1 is 1.35 bits per heavy atom. The minimum Gasteiger partial charge on any atom is -0.396 e. The standard InChI is InChI=1S/C18H24N2O3/c1-3-13(2)16-11-17(23-20-16)18(22)19-12-15(9-10-21)14-7-5-4-6-8-14/h4-8,11,13,15,21H,3,9-10,12H2,1-2H3,(H,19,22). The summed E-state index contributed by atoms with van der Waals surface area (Å²) in [5.74, 6) is 0.302. The lowest BCUT2D eigenvalue weighted by Crippen LogP contribution is -2.28. The zero-order valence-corrected chi connectivity index (χ0v) is 13.7. The Kier molecular flexibility index (Phi) is 6.35. The van der Waals surface area contributed by atoms with Gasteiger partial charge >= 0.3 is 0 Å². The van der Waals surface area contributed by atoms with Gasteiger partial charge in [0.05, 0.1) is 5.69 Å². The molecule has 1 heterocycles. The van der Waals surface area contributed by atoms with Crippen LogP contribution in [-0.4, -0.2) is 29.3 Å². The van der Waals surface area contributed by atoms with Gasteiger partial charge in [-0.25, -0.2) is 0 Å². The highest BCUT2D eigenvalue weighted by Crippen LogP contribution is 2.20. The van der Waals surface area contributed by atoms with Gasteiger partial charge in [0.25, 0.3) is 5.91 Å². The van der Waals surface area contributed by atoms with Gasteiger partial charge in [-0.3, -0.25) is 4.79 Å². The van der Waals surface area contributed by atoms with Crippen molar-refractivity contribution in [1.29, 1.82) is 0 Å². The predicted octanol–water partition coefficient (Wildman–Crippen LogP) is 3.08. The van der Waals surface area contributed by atoms with Crippen LogP contribution in [0.3, 0.4) is 0 Å². The zero-order chi connectivity index (χ0) is 16.7. The minimum absolute atomic E-state index is 0.0714. The highest BCUT2D eigenvalue weighted by atomic mass is 16.5. The maximum Gasteiger partial charge on any atom is 0.289 e. The maximum absolute atomic E-state index is 12.2. The van der Waals surface area contributed by atoms with Gasteiger partial charge in [-0.2, -0.15) is 0 Å². The first kappa shape index (κ1) is 17.2. The lowest BCUT2D eigenvalue weighted by atomic mass is 9.96. The smallest absolute Gasteiger partial charge is 0.289 e. The first-order valence-electron chi connectivity index (χ1n) is 8.06. The molecule has 1 amide bonds. The summed E-state index contributed by atoms with van der Waals surface area (Å²) in [7, 11) is 0. The number of amides is 1. The van der Waals surface area contributed by atoms with Crippen LogP contribution in [0.15, 0.2) is 40.9 Å². The van der Waals surface area contributed by atoms with Gasteiger partial charge in [0.1, 0.15) is 0 Å². The highest BCUT2D eigenvalue weighted by Gasteiger charge is 2.18. The maximum atomic E-state index is 12.2. The van der Waals surface area contributed by atoms with Crippen LogP contribution in [0.1, 0.15) is 60.3 Å². The zero-order valence-electron chi connectivity index (χ0n) is 13.7. The molecule has 0 radical (unpaired) electrons. The molecule has 1 aromatic carbocycles. The van der Waals surface area contributed by atoms with E-state index < -0.39 is 0 Å². The van der Waals surface area contributed by atoms with Crippen LogP contribution in [0.4, 0.5) is 0 Å². The molecule has 2 aromatic rings. The summed E-state index contributed by atoms with van der Waals surface area (Å²) >= 11 is 0. The van der Waals surface area contributed by atoms with Crippen molar-refractivity contribution in [2.24, 2.45) is 0 Å². The van der Waals surface area contributed by atoms with E-state index in [-0.39, 0.29) is 30.1 Å². The fourth-order valence-electron chi connectivity index (χ4n) is 2.41. The van der Waals surface area contributed by atoms with E-state index in [1.807, 2.05) is 37.3 Å². The second-order valence-corrected chi connectivity index (χ2v) is 5.76. The molecule has 2 unspecified atom stereocenters. The number of benzene rings is 1. The molecule has 0 saturated heterocycles. The summed E-state index contributed by atoms with van der Waals surface area (Å²) in [5.41, 5.74) is 1.90. The molecule has 0 fully saturated rings. The van der Waals surface area contributed by atoms with Crippen LogP contribution in [0.5, 0.6) is 0 Å².